The minimum Gasteiger partial charge on any atom is -0.480 e. The average Bonchev–Trinajstić information content (AvgIpc) is 3.49. The fourth-order valence-electron chi connectivity index (χ4n) is 5.35. The molecule has 2 amide bonds. The van der Waals surface area contributed by atoms with Gasteiger partial charge in [-0.05, 0) is 61.7 Å². The van der Waals surface area contributed by atoms with Crippen LogP contribution in [0.2, 0.25) is 0 Å². The monoisotopic (exact) mass is 696 g/mol. The zero-order valence-electron chi connectivity index (χ0n) is 31.8. The number of nitrogens with zero attached hydrogens (tertiary/aromatic N) is 2. The number of benzene rings is 1. The number of likely N-dealkylation sites (N-methyl/N-ethyl adjacent to an activating group) is 1. The number of carbonyl (C=O) groups is 4. The minimum atomic E-state index is -0.892. The number of hydrogen-bond acceptors (Lipinski definition) is 8. The molecule has 0 saturated heterocycles. The molecule has 1 aromatic carbocycles. The van der Waals surface area contributed by atoms with E-state index in [1.807, 2.05) is 46.4 Å². The Balaban J connectivity index is 0. The van der Waals surface area contributed by atoms with Gasteiger partial charge in [0.25, 0.3) is 0 Å². The van der Waals surface area contributed by atoms with Crippen LogP contribution >= 0.6 is 11.9 Å². The molecule has 1 aliphatic rings. The molecular formula is C37H69N5O5S. The van der Waals surface area contributed by atoms with Gasteiger partial charge in [0.2, 0.25) is 12.3 Å². The van der Waals surface area contributed by atoms with Crippen molar-refractivity contribution in [2.45, 2.75) is 143 Å². The molecule has 48 heavy (non-hydrogen) atoms. The van der Waals surface area contributed by atoms with Crippen molar-refractivity contribution >= 4 is 37.0 Å². The lowest BCUT2D eigenvalue weighted by molar-refractivity contribution is -0.143. The summed E-state index contributed by atoms with van der Waals surface area (Å²) in [6, 6.07) is 8.50. The Labute approximate surface area is 297 Å². The third kappa shape index (κ3) is 19.5. The van der Waals surface area contributed by atoms with Crippen molar-refractivity contribution in [1.29, 1.82) is 0 Å². The number of hydrogen-bond donors (Lipinski definition) is 4. The Bertz CT molecular complexity index is 968. The summed E-state index contributed by atoms with van der Waals surface area (Å²) in [6.45, 7) is 23.4. The summed E-state index contributed by atoms with van der Waals surface area (Å²) < 4.78 is 2.46. The lowest BCUT2D eigenvalue weighted by atomic mass is 9.87. The number of rotatable bonds is 20. The first-order valence-corrected chi connectivity index (χ1v) is 18.6. The van der Waals surface area contributed by atoms with Gasteiger partial charge in [0.05, 0.1) is 12.7 Å². The van der Waals surface area contributed by atoms with Crippen molar-refractivity contribution in [3.05, 3.63) is 29.8 Å². The molecule has 278 valence electrons. The highest BCUT2D eigenvalue weighted by atomic mass is 32.2. The van der Waals surface area contributed by atoms with Crippen LogP contribution in [0.1, 0.15) is 119 Å². The first kappa shape index (κ1) is 47.6. The number of nitrogens with one attached hydrogen (secondary N) is 3. The molecule has 1 heterocycles. The van der Waals surface area contributed by atoms with E-state index in [4.69, 9.17) is 4.79 Å². The summed E-state index contributed by atoms with van der Waals surface area (Å²) in [4.78, 5) is 45.6. The molecule has 11 heteroatoms. The Morgan fingerprint density at radius 2 is 1.65 bits per heavy atom. The van der Waals surface area contributed by atoms with E-state index >= 15 is 0 Å². The molecule has 4 N–H and O–H groups in total. The lowest BCUT2D eigenvalue weighted by Gasteiger charge is -2.33. The van der Waals surface area contributed by atoms with Gasteiger partial charge >= 0.3 is 5.97 Å². The van der Waals surface area contributed by atoms with E-state index in [9.17, 15) is 19.5 Å². The maximum absolute atomic E-state index is 12.4. The molecule has 2 rings (SSSR count). The topological polar surface area (TPSA) is 131 Å². The van der Waals surface area contributed by atoms with Crippen molar-refractivity contribution in [2.75, 3.05) is 26.7 Å². The molecule has 0 aromatic heterocycles. The van der Waals surface area contributed by atoms with Crippen LogP contribution in [-0.2, 0) is 25.7 Å². The largest absolute Gasteiger partial charge is 0.480 e. The van der Waals surface area contributed by atoms with E-state index in [0.29, 0.717) is 24.4 Å². The number of carbonyl (C=O) groups excluding carboxylic acids is 3. The molecule has 4 atom stereocenters. The highest BCUT2D eigenvalue weighted by Crippen LogP contribution is 2.36. The number of carboxylic acid groups (broad SMARTS) is 1. The van der Waals surface area contributed by atoms with Crippen LogP contribution in [0.25, 0.3) is 0 Å². The van der Waals surface area contributed by atoms with Gasteiger partial charge in [0.1, 0.15) is 12.8 Å². The van der Waals surface area contributed by atoms with Gasteiger partial charge in [-0.3, -0.25) is 19.7 Å². The van der Waals surface area contributed by atoms with Crippen LogP contribution in [0.4, 0.5) is 0 Å². The summed E-state index contributed by atoms with van der Waals surface area (Å²) in [7, 11) is 2.06. The number of carboxylic acids is 1. The van der Waals surface area contributed by atoms with Gasteiger partial charge in [-0.15, -0.1) is 0 Å². The summed E-state index contributed by atoms with van der Waals surface area (Å²) in [5, 5.41) is 18.6. The zero-order chi connectivity index (χ0) is 37.1. The van der Waals surface area contributed by atoms with Gasteiger partial charge < -0.3 is 25.4 Å². The number of amides is 2. The van der Waals surface area contributed by atoms with Crippen LogP contribution in [-0.4, -0.2) is 84.3 Å². The van der Waals surface area contributed by atoms with Gasteiger partial charge in [-0.1, -0.05) is 112 Å². The van der Waals surface area contributed by atoms with E-state index in [-0.39, 0.29) is 18.4 Å². The first-order chi connectivity index (χ1) is 22.9. The molecule has 1 aromatic rings. The van der Waals surface area contributed by atoms with Crippen molar-refractivity contribution in [2.24, 2.45) is 11.3 Å². The molecule has 10 nitrogen and oxygen atoms in total. The molecule has 0 saturated carbocycles. The second-order valence-corrected chi connectivity index (χ2v) is 14.1. The van der Waals surface area contributed by atoms with Gasteiger partial charge in [0, 0.05) is 30.6 Å². The Morgan fingerprint density at radius 1 is 1.04 bits per heavy atom. The summed E-state index contributed by atoms with van der Waals surface area (Å²) in [5.74, 6) is -1.13. The number of aliphatic carboxylic acids is 1. The van der Waals surface area contributed by atoms with Gasteiger partial charge in [0.15, 0.2) is 0 Å². The maximum Gasteiger partial charge on any atom is 0.321 e. The molecule has 0 radical (unpaired) electrons. The number of fused-ring (bicyclic) bond motifs is 1. The summed E-state index contributed by atoms with van der Waals surface area (Å²) in [6.07, 6.45) is 8.40. The third-order valence-electron chi connectivity index (χ3n) is 8.22. The average molecular weight is 696 g/mol. The van der Waals surface area contributed by atoms with E-state index in [1.54, 1.807) is 11.8 Å². The smallest absolute Gasteiger partial charge is 0.321 e. The second kappa shape index (κ2) is 28.4. The van der Waals surface area contributed by atoms with Crippen molar-refractivity contribution in [3.63, 3.8) is 0 Å². The summed E-state index contributed by atoms with van der Waals surface area (Å²) in [5.41, 5.74) is 1.76. The normalized spacial score (nSPS) is 14.6. The molecule has 1 aliphatic heterocycles. The predicted molar refractivity (Wildman–Crippen MR) is 201 cm³/mol. The molecule has 0 aliphatic carbocycles. The predicted octanol–water partition coefficient (Wildman–Crippen LogP) is 6.73. The first-order valence-electron chi connectivity index (χ1n) is 17.8. The SMILES string of the molecule is C=O.CC.CCCCCCCC(C)C(N[C@@H](C)N(CCCC)C(=O)CNC=O)C(=O)O.CNC(CN1Cc2ccccc2S1)C(C)(C)C. The molecule has 3 unspecified atom stereocenters. The standard InChI is InChI=1S/C20H39N3O4.C14H22N2S.C2H6.CH2O/c1-5-7-9-10-11-12-16(3)19(20(26)27)22-17(4)23(13-8-6-2)18(25)14-21-15-24;1-14(2,3)13(15-4)10-16-9-11-7-5-6-8-12(11)17-16;2*1-2/h15-17,19,22H,5-14H2,1-4H3,(H,21,24)(H,26,27);5-8,13,15H,9-10H2,1-4H3;1-2H3;1H2/t16?,17-,19?;;;/m1.../s1. The number of unbranched alkanes of at least 4 members (excludes halogenated alkanes) is 5. The molecule has 0 spiro atoms. The van der Waals surface area contributed by atoms with Crippen LogP contribution in [0.3, 0.4) is 0 Å². The third-order valence-corrected chi connectivity index (χ3v) is 9.35. The summed E-state index contributed by atoms with van der Waals surface area (Å²) >= 11 is 1.89. The lowest BCUT2D eigenvalue weighted by Crippen LogP contribution is -2.56. The van der Waals surface area contributed by atoms with Gasteiger partial charge in [-0.2, -0.15) is 0 Å². The molecule has 0 fully saturated rings. The molecular weight excluding hydrogens is 627 g/mol. The van der Waals surface area contributed by atoms with Crippen molar-refractivity contribution < 1.29 is 24.3 Å². The van der Waals surface area contributed by atoms with Crippen LogP contribution < -0.4 is 16.0 Å². The highest BCUT2D eigenvalue weighted by molar-refractivity contribution is 7.97. The fraction of sp³-hybridized carbons (Fsp3) is 0.730. The minimum absolute atomic E-state index is 0.0252. The highest BCUT2D eigenvalue weighted by Gasteiger charge is 2.30. The van der Waals surface area contributed by atoms with E-state index in [2.05, 4.69) is 79.3 Å². The van der Waals surface area contributed by atoms with E-state index in [1.165, 1.54) is 29.7 Å². The quantitative estimate of drug-likeness (QED) is 0.0508. The van der Waals surface area contributed by atoms with E-state index < -0.39 is 18.2 Å². The molecule has 0 bridgehead atoms. The van der Waals surface area contributed by atoms with Crippen LogP contribution in [0.15, 0.2) is 29.2 Å². The van der Waals surface area contributed by atoms with E-state index in [0.717, 1.165) is 45.2 Å². The van der Waals surface area contributed by atoms with Gasteiger partial charge in [-0.25, -0.2) is 4.31 Å². The van der Waals surface area contributed by atoms with Crippen LogP contribution in [0, 0.1) is 11.3 Å². The Hall–Kier alpha value is -2.47. The van der Waals surface area contributed by atoms with Crippen molar-refractivity contribution in [1.82, 2.24) is 25.2 Å². The Kier molecular flexibility index (Phi) is 28.2. The van der Waals surface area contributed by atoms with Crippen LogP contribution in [0.5, 0.6) is 0 Å². The maximum atomic E-state index is 12.4. The zero-order valence-corrected chi connectivity index (χ0v) is 32.6. The Morgan fingerprint density at radius 3 is 2.17 bits per heavy atom. The fourth-order valence-corrected chi connectivity index (χ4v) is 6.44. The second-order valence-electron chi connectivity index (χ2n) is 13.0. The van der Waals surface area contributed by atoms with Crippen molar-refractivity contribution in [3.8, 4) is 0 Å².